The molecular formula is C22H24N4O2. The minimum atomic E-state index is -0.0429. The van der Waals surface area contributed by atoms with Crippen molar-refractivity contribution in [2.24, 2.45) is 4.99 Å². The van der Waals surface area contributed by atoms with E-state index in [2.05, 4.69) is 16.8 Å². The van der Waals surface area contributed by atoms with Crippen LogP contribution < -0.4 is 10.1 Å². The molecule has 144 valence electrons. The molecule has 1 saturated heterocycles. The van der Waals surface area contributed by atoms with Crippen LogP contribution in [0.5, 0.6) is 11.5 Å². The Morgan fingerprint density at radius 1 is 1.07 bits per heavy atom. The summed E-state index contributed by atoms with van der Waals surface area (Å²) in [6.07, 6.45) is 2.57. The van der Waals surface area contributed by atoms with Crippen molar-refractivity contribution in [1.82, 2.24) is 15.1 Å². The average molecular weight is 376 g/mol. The molecular weight excluding hydrogens is 352 g/mol. The van der Waals surface area contributed by atoms with E-state index in [1.165, 1.54) is 0 Å². The minimum absolute atomic E-state index is 0.0429. The number of amidine groups is 1. The van der Waals surface area contributed by atoms with Crippen LogP contribution >= 0.6 is 0 Å². The average Bonchev–Trinajstić information content (AvgIpc) is 3.06. The van der Waals surface area contributed by atoms with Crippen molar-refractivity contribution in [3.63, 3.8) is 0 Å². The fraction of sp³-hybridized carbons (Fsp3) is 0.273. The van der Waals surface area contributed by atoms with Crippen LogP contribution in [0.25, 0.3) is 0 Å². The van der Waals surface area contributed by atoms with E-state index in [1.54, 1.807) is 6.08 Å². The van der Waals surface area contributed by atoms with Crippen LogP contribution in [-0.4, -0.2) is 54.4 Å². The van der Waals surface area contributed by atoms with E-state index in [-0.39, 0.29) is 6.03 Å². The highest BCUT2D eigenvalue weighted by atomic mass is 16.5. The van der Waals surface area contributed by atoms with Gasteiger partial charge in [-0.2, -0.15) is 0 Å². The molecule has 0 unspecified atom stereocenters. The second kappa shape index (κ2) is 8.17. The molecule has 2 aliphatic rings. The molecule has 6 heteroatoms. The number of para-hydroxylation sites is 3. The first-order valence-corrected chi connectivity index (χ1v) is 9.60. The van der Waals surface area contributed by atoms with Crippen LogP contribution in [0.4, 0.5) is 10.5 Å². The highest BCUT2D eigenvalue weighted by molar-refractivity contribution is 6.03. The van der Waals surface area contributed by atoms with Crippen molar-refractivity contribution in [3.8, 4) is 11.5 Å². The van der Waals surface area contributed by atoms with Gasteiger partial charge in [0, 0.05) is 32.7 Å². The summed E-state index contributed by atoms with van der Waals surface area (Å²) in [6.45, 7) is 7.05. The molecule has 0 saturated carbocycles. The third kappa shape index (κ3) is 3.71. The number of hydrogen-bond donors (Lipinski definition) is 1. The Kier molecular flexibility index (Phi) is 5.28. The molecule has 2 aliphatic heterocycles. The van der Waals surface area contributed by atoms with Gasteiger partial charge < -0.3 is 19.9 Å². The van der Waals surface area contributed by atoms with Crippen molar-refractivity contribution >= 4 is 17.6 Å². The largest absolute Gasteiger partial charge is 0.454 e. The second-order valence-electron chi connectivity index (χ2n) is 6.80. The lowest BCUT2D eigenvalue weighted by Gasteiger charge is -2.25. The summed E-state index contributed by atoms with van der Waals surface area (Å²) in [6, 6.07) is 15.8. The number of rotatable bonds is 2. The van der Waals surface area contributed by atoms with E-state index >= 15 is 0 Å². The molecule has 2 amide bonds. The van der Waals surface area contributed by atoms with Gasteiger partial charge in [-0.05, 0) is 30.7 Å². The predicted octanol–water partition coefficient (Wildman–Crippen LogP) is 3.77. The first-order chi connectivity index (χ1) is 13.8. The maximum Gasteiger partial charge on any atom is 0.317 e. The lowest BCUT2D eigenvalue weighted by molar-refractivity contribution is 0.201. The molecule has 28 heavy (non-hydrogen) atoms. The lowest BCUT2D eigenvalue weighted by Crippen LogP contribution is -2.42. The number of nitrogens with zero attached hydrogens (tertiary/aromatic N) is 3. The Hall–Kier alpha value is -3.28. The molecule has 0 atom stereocenters. The van der Waals surface area contributed by atoms with E-state index in [0.717, 1.165) is 54.6 Å². The number of amides is 2. The van der Waals surface area contributed by atoms with Crippen LogP contribution in [0.2, 0.25) is 0 Å². The van der Waals surface area contributed by atoms with Crippen molar-refractivity contribution in [3.05, 3.63) is 66.7 Å². The minimum Gasteiger partial charge on any atom is -0.454 e. The van der Waals surface area contributed by atoms with Gasteiger partial charge in [-0.3, -0.25) is 0 Å². The maximum atomic E-state index is 12.3. The van der Waals surface area contributed by atoms with Crippen molar-refractivity contribution in [1.29, 1.82) is 0 Å². The van der Waals surface area contributed by atoms with Crippen LogP contribution in [0, 0.1) is 0 Å². The molecule has 1 fully saturated rings. The van der Waals surface area contributed by atoms with Crippen LogP contribution in [0.15, 0.2) is 66.2 Å². The molecule has 2 aromatic rings. The van der Waals surface area contributed by atoms with E-state index in [9.17, 15) is 4.79 Å². The normalized spacial score (nSPS) is 15.9. The molecule has 1 N–H and O–H groups in total. The molecule has 2 heterocycles. The molecule has 0 aliphatic carbocycles. The van der Waals surface area contributed by atoms with Gasteiger partial charge in [0.1, 0.15) is 17.3 Å². The number of urea groups is 1. The number of aliphatic imine (C=N–C) groups is 1. The van der Waals surface area contributed by atoms with Gasteiger partial charge in [-0.15, -0.1) is 6.58 Å². The Morgan fingerprint density at radius 2 is 1.86 bits per heavy atom. The molecule has 0 radical (unpaired) electrons. The number of ether oxygens (including phenoxy) is 1. The zero-order valence-corrected chi connectivity index (χ0v) is 15.8. The van der Waals surface area contributed by atoms with E-state index < -0.39 is 0 Å². The zero-order valence-electron chi connectivity index (χ0n) is 15.8. The van der Waals surface area contributed by atoms with Crippen molar-refractivity contribution in [2.75, 3.05) is 32.7 Å². The van der Waals surface area contributed by atoms with Gasteiger partial charge in [-0.1, -0.05) is 30.3 Å². The molecule has 0 spiro atoms. The Morgan fingerprint density at radius 3 is 2.71 bits per heavy atom. The number of benzene rings is 2. The third-order valence-corrected chi connectivity index (χ3v) is 4.92. The summed E-state index contributed by atoms with van der Waals surface area (Å²) in [5.74, 6) is 2.45. The Labute approximate surface area is 165 Å². The maximum absolute atomic E-state index is 12.3. The van der Waals surface area contributed by atoms with Crippen molar-refractivity contribution < 1.29 is 9.53 Å². The topological polar surface area (TPSA) is 57.2 Å². The second-order valence-corrected chi connectivity index (χ2v) is 6.80. The third-order valence-electron chi connectivity index (χ3n) is 4.92. The Bertz CT molecular complexity index is 909. The van der Waals surface area contributed by atoms with Gasteiger partial charge in [0.05, 0.1) is 5.56 Å². The summed E-state index contributed by atoms with van der Waals surface area (Å²) in [5.41, 5.74) is 1.79. The summed E-state index contributed by atoms with van der Waals surface area (Å²) in [7, 11) is 0. The van der Waals surface area contributed by atoms with Gasteiger partial charge in [0.2, 0.25) is 0 Å². The summed E-state index contributed by atoms with van der Waals surface area (Å²) >= 11 is 0. The highest BCUT2D eigenvalue weighted by Gasteiger charge is 2.25. The van der Waals surface area contributed by atoms with E-state index in [4.69, 9.17) is 9.73 Å². The first kappa shape index (κ1) is 18.1. The molecule has 2 aromatic carbocycles. The SMILES string of the molecule is C=CCNC(=O)N1CCCN(C2=Nc3ccccc3Oc3ccccc32)CC1. The number of carbonyl (C=O) groups excluding carboxylic acids is 1. The quantitative estimate of drug-likeness (QED) is 0.812. The first-order valence-electron chi connectivity index (χ1n) is 9.60. The standard InChI is InChI=1S/C22H24N4O2/c1-2-12-23-22(27)26-14-7-13-25(15-16-26)21-17-8-3-5-10-19(17)28-20-11-6-4-9-18(20)24-21/h2-6,8-11H,1,7,12-16H2,(H,23,27). The van der Waals surface area contributed by atoms with Gasteiger partial charge in [0.15, 0.2) is 5.75 Å². The molecule has 0 aromatic heterocycles. The molecule has 4 rings (SSSR count). The molecule has 6 nitrogen and oxygen atoms in total. The predicted molar refractivity (Wildman–Crippen MR) is 111 cm³/mol. The van der Waals surface area contributed by atoms with Crippen LogP contribution in [0.1, 0.15) is 12.0 Å². The van der Waals surface area contributed by atoms with E-state index in [0.29, 0.717) is 13.1 Å². The number of hydrogen-bond acceptors (Lipinski definition) is 4. The van der Waals surface area contributed by atoms with Gasteiger partial charge in [-0.25, -0.2) is 9.79 Å². The van der Waals surface area contributed by atoms with Gasteiger partial charge >= 0.3 is 6.03 Å². The fourth-order valence-corrected chi connectivity index (χ4v) is 3.51. The monoisotopic (exact) mass is 376 g/mol. The number of fused-ring (bicyclic) bond motifs is 2. The van der Waals surface area contributed by atoms with Crippen LogP contribution in [-0.2, 0) is 0 Å². The zero-order chi connectivity index (χ0) is 19.3. The van der Waals surface area contributed by atoms with Crippen LogP contribution in [0.3, 0.4) is 0 Å². The lowest BCUT2D eigenvalue weighted by atomic mass is 10.1. The number of carbonyl (C=O) groups is 1. The molecule has 0 bridgehead atoms. The Balaban J connectivity index is 1.61. The highest BCUT2D eigenvalue weighted by Crippen LogP contribution is 2.37. The van der Waals surface area contributed by atoms with E-state index in [1.807, 2.05) is 53.4 Å². The summed E-state index contributed by atoms with van der Waals surface area (Å²) in [5, 5.41) is 2.86. The summed E-state index contributed by atoms with van der Waals surface area (Å²) < 4.78 is 6.13. The fourth-order valence-electron chi connectivity index (χ4n) is 3.51. The van der Waals surface area contributed by atoms with Crippen molar-refractivity contribution in [2.45, 2.75) is 6.42 Å². The smallest absolute Gasteiger partial charge is 0.317 e. The number of nitrogens with one attached hydrogen (secondary N) is 1. The summed E-state index contributed by atoms with van der Waals surface area (Å²) in [4.78, 5) is 21.4. The van der Waals surface area contributed by atoms with Gasteiger partial charge in [0.25, 0.3) is 0 Å².